The van der Waals surface area contributed by atoms with E-state index in [2.05, 4.69) is 11.3 Å². The standard InChI is InChI=1S/C20H21NO6S/c1-3-12-21-28(24,25)18-7-5-6-16(13-18)20(23)27-14-19(22)15-8-10-17(11-9-15)26-4-2/h3,5-11,13,21H,1,4,12,14H2,2H3. The third-order valence-electron chi connectivity index (χ3n) is 3.62. The molecule has 8 heteroatoms. The molecule has 0 unspecified atom stereocenters. The monoisotopic (exact) mass is 403 g/mol. The molecule has 1 N–H and O–H groups in total. The van der Waals surface area contributed by atoms with E-state index in [-0.39, 0.29) is 22.8 Å². The summed E-state index contributed by atoms with van der Waals surface area (Å²) in [6.07, 6.45) is 1.40. The predicted octanol–water partition coefficient (Wildman–Crippen LogP) is 2.59. The highest BCUT2D eigenvalue weighted by Gasteiger charge is 2.17. The molecule has 0 aliphatic heterocycles. The lowest BCUT2D eigenvalue weighted by atomic mass is 10.1. The van der Waals surface area contributed by atoms with Gasteiger partial charge < -0.3 is 9.47 Å². The summed E-state index contributed by atoms with van der Waals surface area (Å²) in [6.45, 7) is 5.42. The topological polar surface area (TPSA) is 98.8 Å². The Morgan fingerprint density at radius 2 is 1.82 bits per heavy atom. The molecule has 0 fully saturated rings. The van der Waals surface area contributed by atoms with Crippen LogP contribution in [0.15, 0.2) is 66.1 Å². The van der Waals surface area contributed by atoms with Crippen molar-refractivity contribution in [3.63, 3.8) is 0 Å². The number of carbonyl (C=O) groups is 2. The van der Waals surface area contributed by atoms with Crippen molar-refractivity contribution in [2.45, 2.75) is 11.8 Å². The number of hydrogen-bond acceptors (Lipinski definition) is 6. The Morgan fingerprint density at radius 3 is 2.46 bits per heavy atom. The van der Waals surface area contributed by atoms with E-state index < -0.39 is 22.6 Å². The van der Waals surface area contributed by atoms with Crippen molar-refractivity contribution >= 4 is 21.8 Å². The fourth-order valence-electron chi connectivity index (χ4n) is 2.24. The first-order chi connectivity index (χ1) is 13.4. The van der Waals surface area contributed by atoms with Crippen molar-refractivity contribution in [3.8, 4) is 5.75 Å². The Hall–Kier alpha value is -2.97. The van der Waals surface area contributed by atoms with E-state index in [1.165, 1.54) is 30.3 Å². The van der Waals surface area contributed by atoms with E-state index in [0.29, 0.717) is 17.9 Å². The van der Waals surface area contributed by atoms with Gasteiger partial charge in [0.15, 0.2) is 12.4 Å². The van der Waals surface area contributed by atoms with E-state index >= 15 is 0 Å². The van der Waals surface area contributed by atoms with E-state index in [1.54, 1.807) is 24.3 Å². The highest BCUT2D eigenvalue weighted by Crippen LogP contribution is 2.14. The number of sulfonamides is 1. The van der Waals surface area contributed by atoms with Crippen molar-refractivity contribution < 1.29 is 27.5 Å². The van der Waals surface area contributed by atoms with Crippen LogP contribution >= 0.6 is 0 Å². The zero-order valence-corrected chi connectivity index (χ0v) is 16.2. The van der Waals surface area contributed by atoms with Gasteiger partial charge in [-0.05, 0) is 49.4 Å². The molecule has 0 saturated carbocycles. The maximum atomic E-state index is 12.2. The molecule has 2 rings (SSSR count). The summed E-state index contributed by atoms with van der Waals surface area (Å²) in [4.78, 5) is 24.3. The van der Waals surface area contributed by atoms with Crippen LogP contribution in [0.25, 0.3) is 0 Å². The quantitative estimate of drug-likeness (QED) is 0.372. The molecule has 2 aromatic rings. The summed E-state index contributed by atoms with van der Waals surface area (Å²) in [7, 11) is -3.77. The lowest BCUT2D eigenvalue weighted by Crippen LogP contribution is -2.24. The summed E-state index contributed by atoms with van der Waals surface area (Å²) < 4.78 is 36.9. The van der Waals surface area contributed by atoms with Crippen LogP contribution in [0.1, 0.15) is 27.6 Å². The normalized spacial score (nSPS) is 10.9. The van der Waals surface area contributed by atoms with Crippen molar-refractivity contribution in [1.82, 2.24) is 4.72 Å². The Morgan fingerprint density at radius 1 is 1.11 bits per heavy atom. The Bertz CT molecular complexity index is 951. The molecule has 0 radical (unpaired) electrons. The average molecular weight is 403 g/mol. The highest BCUT2D eigenvalue weighted by atomic mass is 32.2. The van der Waals surface area contributed by atoms with Crippen molar-refractivity contribution in [2.24, 2.45) is 0 Å². The number of carbonyl (C=O) groups excluding carboxylic acids is 2. The summed E-state index contributed by atoms with van der Waals surface area (Å²) >= 11 is 0. The molecule has 0 aromatic heterocycles. The second-order valence-corrected chi connectivity index (χ2v) is 7.39. The number of esters is 1. The molecule has 7 nitrogen and oxygen atoms in total. The third-order valence-corrected chi connectivity index (χ3v) is 5.04. The van der Waals surface area contributed by atoms with Gasteiger partial charge in [0, 0.05) is 12.1 Å². The summed E-state index contributed by atoms with van der Waals surface area (Å²) in [5.41, 5.74) is 0.405. The minimum atomic E-state index is -3.77. The summed E-state index contributed by atoms with van der Waals surface area (Å²) in [5, 5.41) is 0. The molecule has 0 aliphatic carbocycles. The molecule has 0 bridgehead atoms. The Labute approximate surface area is 164 Å². The predicted molar refractivity (Wildman–Crippen MR) is 104 cm³/mol. The molecule has 0 spiro atoms. The summed E-state index contributed by atoms with van der Waals surface area (Å²) in [5.74, 6) is -0.535. The van der Waals surface area contributed by atoms with Gasteiger partial charge in [0.25, 0.3) is 0 Å². The van der Waals surface area contributed by atoms with Gasteiger partial charge in [-0.15, -0.1) is 6.58 Å². The highest BCUT2D eigenvalue weighted by molar-refractivity contribution is 7.89. The molecular weight excluding hydrogens is 382 g/mol. The van der Waals surface area contributed by atoms with E-state index in [9.17, 15) is 18.0 Å². The van der Waals surface area contributed by atoms with Crippen LogP contribution in [-0.4, -0.2) is 39.9 Å². The fourth-order valence-corrected chi connectivity index (χ4v) is 3.29. The summed E-state index contributed by atoms with van der Waals surface area (Å²) in [6, 6.07) is 11.9. The van der Waals surface area contributed by atoms with Crippen LogP contribution in [0, 0.1) is 0 Å². The van der Waals surface area contributed by atoms with Gasteiger partial charge >= 0.3 is 5.97 Å². The molecule has 28 heavy (non-hydrogen) atoms. The van der Waals surface area contributed by atoms with Crippen molar-refractivity contribution in [2.75, 3.05) is 19.8 Å². The number of rotatable bonds is 10. The largest absolute Gasteiger partial charge is 0.494 e. The smallest absolute Gasteiger partial charge is 0.338 e. The first-order valence-corrected chi connectivity index (χ1v) is 9.99. The van der Waals surface area contributed by atoms with Crippen LogP contribution in [0.3, 0.4) is 0 Å². The molecule has 0 aliphatic rings. The van der Waals surface area contributed by atoms with Gasteiger partial charge in [0.1, 0.15) is 5.75 Å². The second kappa shape index (κ2) is 9.82. The van der Waals surface area contributed by atoms with E-state index in [1.807, 2.05) is 6.92 Å². The molecule has 0 saturated heterocycles. The van der Waals surface area contributed by atoms with E-state index in [4.69, 9.17) is 9.47 Å². The van der Waals surface area contributed by atoms with Crippen molar-refractivity contribution in [3.05, 3.63) is 72.3 Å². The molecule has 0 atom stereocenters. The Balaban J connectivity index is 2.02. The third kappa shape index (κ3) is 5.77. The first-order valence-electron chi connectivity index (χ1n) is 8.51. The van der Waals surface area contributed by atoms with E-state index in [0.717, 1.165) is 0 Å². The Kier molecular flexibility index (Phi) is 7.48. The van der Waals surface area contributed by atoms with Crippen LogP contribution in [0.4, 0.5) is 0 Å². The zero-order valence-electron chi connectivity index (χ0n) is 15.4. The number of hydrogen-bond donors (Lipinski definition) is 1. The van der Waals surface area contributed by atoms with Gasteiger partial charge in [0.2, 0.25) is 10.0 Å². The molecule has 2 aromatic carbocycles. The van der Waals surface area contributed by atoms with Gasteiger partial charge in [-0.3, -0.25) is 4.79 Å². The van der Waals surface area contributed by atoms with Gasteiger partial charge in [-0.25, -0.2) is 17.9 Å². The number of ketones is 1. The maximum Gasteiger partial charge on any atom is 0.338 e. The van der Waals surface area contributed by atoms with Gasteiger partial charge in [-0.1, -0.05) is 12.1 Å². The molecule has 0 amide bonds. The molecule has 148 valence electrons. The van der Waals surface area contributed by atoms with Crippen LogP contribution in [0.2, 0.25) is 0 Å². The zero-order chi connectivity index (χ0) is 20.6. The molecular formula is C20H21NO6S. The lowest BCUT2D eigenvalue weighted by molar-refractivity contribution is 0.0474. The fraction of sp³-hybridized carbons (Fsp3) is 0.200. The number of ether oxygens (including phenoxy) is 2. The lowest BCUT2D eigenvalue weighted by Gasteiger charge is -2.08. The number of nitrogens with one attached hydrogen (secondary N) is 1. The van der Waals surface area contributed by atoms with Gasteiger partial charge in [-0.2, -0.15) is 0 Å². The van der Waals surface area contributed by atoms with Crippen LogP contribution in [0.5, 0.6) is 5.75 Å². The van der Waals surface area contributed by atoms with Gasteiger partial charge in [0.05, 0.1) is 17.1 Å². The van der Waals surface area contributed by atoms with Crippen LogP contribution in [-0.2, 0) is 14.8 Å². The maximum absolute atomic E-state index is 12.2. The number of Topliss-reactive ketones (excluding diaryl/α,β-unsaturated/α-hetero) is 1. The minimum Gasteiger partial charge on any atom is -0.494 e. The minimum absolute atomic E-state index is 0.0287. The second-order valence-electron chi connectivity index (χ2n) is 5.63. The molecule has 0 heterocycles. The average Bonchev–Trinajstić information content (AvgIpc) is 2.71. The SMILES string of the molecule is C=CCNS(=O)(=O)c1cccc(C(=O)OCC(=O)c2ccc(OCC)cc2)c1. The number of benzene rings is 2. The van der Waals surface area contributed by atoms with Crippen molar-refractivity contribution in [1.29, 1.82) is 0 Å². The van der Waals surface area contributed by atoms with Crippen LogP contribution < -0.4 is 9.46 Å². The first kappa shape index (κ1) is 21.3.